The molecule has 0 amide bonds. The van der Waals surface area contributed by atoms with Gasteiger partial charge in [-0.3, -0.25) is 0 Å². The molecule has 0 rings (SSSR count). The van der Waals surface area contributed by atoms with Crippen LogP contribution in [0.4, 0.5) is 0 Å². The molecule has 0 bridgehead atoms. The van der Waals surface area contributed by atoms with Crippen LogP contribution in [0.25, 0.3) is 0 Å². The van der Waals surface area contributed by atoms with Gasteiger partial charge in [0.05, 0.1) is 0 Å². The average Bonchev–Trinajstić information content (AvgIpc) is 0.722. The van der Waals surface area contributed by atoms with Crippen LogP contribution in [0.15, 0.2) is 0 Å². The molecule has 9 N–H and O–H groups in total. The van der Waals surface area contributed by atoms with Crippen molar-refractivity contribution in [3.8, 4) is 0 Å². The number of rotatable bonds is 0. The summed E-state index contributed by atoms with van der Waals surface area (Å²) < 4.78 is 8.88. The summed E-state index contributed by atoms with van der Waals surface area (Å²) in [6, 6.07) is 0. The standard InChI is InChI=1S/2K.2H3N.H3O4P.2H/c;;;;1-5(2,3)4;;/h;;2*1H3;(H3,1,2,3,4);;. The van der Waals surface area contributed by atoms with Crippen molar-refractivity contribution in [2.45, 2.75) is 0 Å². The van der Waals surface area contributed by atoms with E-state index in [4.69, 9.17) is 19.2 Å². The van der Waals surface area contributed by atoms with Crippen molar-refractivity contribution in [2.24, 2.45) is 0 Å². The summed E-state index contributed by atoms with van der Waals surface area (Å²) in [7, 11) is -4.64. The summed E-state index contributed by atoms with van der Waals surface area (Å²) in [5, 5.41) is 0. The first-order valence-electron chi connectivity index (χ1n) is 0.783. The van der Waals surface area contributed by atoms with Crippen molar-refractivity contribution in [2.75, 3.05) is 0 Å². The monoisotopic (exact) mass is 212 g/mol. The number of phosphoric acid groups is 1. The van der Waals surface area contributed by atoms with Crippen LogP contribution in [0.5, 0.6) is 0 Å². The molecule has 6 nitrogen and oxygen atoms in total. The van der Waals surface area contributed by atoms with Crippen molar-refractivity contribution in [3.63, 3.8) is 0 Å². The molecule has 0 atom stereocenters. The van der Waals surface area contributed by atoms with Crippen LogP contribution in [0, 0.1) is 0 Å². The van der Waals surface area contributed by atoms with Gasteiger partial charge in [-0.2, -0.15) is 0 Å². The zero-order chi connectivity index (χ0) is 4.50. The maximum atomic E-state index is 8.88. The molecule has 52 valence electrons. The molecule has 9 heteroatoms. The Bertz CT molecular complexity index is 62.7. The van der Waals surface area contributed by atoms with Gasteiger partial charge in [-0.05, 0) is 0 Å². The first-order chi connectivity index (χ1) is 2.00. The molecule has 0 unspecified atom stereocenters. The molecule has 0 aliphatic heterocycles. The van der Waals surface area contributed by atoms with Crippen molar-refractivity contribution in [1.29, 1.82) is 0 Å². The van der Waals surface area contributed by atoms with Crippen LogP contribution in [0.3, 0.4) is 0 Å². The molecule has 0 saturated carbocycles. The topological polar surface area (TPSA) is 148 Å². The fourth-order valence-corrected chi connectivity index (χ4v) is 0. The quantitative estimate of drug-likeness (QED) is 0.234. The van der Waals surface area contributed by atoms with Crippen molar-refractivity contribution >= 4 is 111 Å². The molecule has 0 aromatic carbocycles. The van der Waals surface area contributed by atoms with Crippen molar-refractivity contribution in [1.82, 2.24) is 12.3 Å². The van der Waals surface area contributed by atoms with E-state index in [9.17, 15) is 0 Å². The minimum atomic E-state index is -4.64. The van der Waals surface area contributed by atoms with E-state index in [1.165, 1.54) is 0 Å². The van der Waals surface area contributed by atoms with Crippen molar-refractivity contribution < 1.29 is 19.2 Å². The fraction of sp³-hybridized carbons (Fsp3) is 0. The fourth-order valence-electron chi connectivity index (χ4n) is 0. The van der Waals surface area contributed by atoms with E-state index in [0.29, 0.717) is 0 Å². The Balaban J connectivity index is -0.0000000133. The third kappa shape index (κ3) is 89.7. The minimum absolute atomic E-state index is 0. The second-order valence-corrected chi connectivity index (χ2v) is 1.54. The Hall–Kier alpha value is 3.30. The van der Waals surface area contributed by atoms with Gasteiger partial charge >= 0.3 is 111 Å². The summed E-state index contributed by atoms with van der Waals surface area (Å²) in [5.41, 5.74) is 0. The molecule has 0 saturated heterocycles. The molecule has 0 heterocycles. The van der Waals surface area contributed by atoms with E-state index in [1.807, 2.05) is 0 Å². The molecule has 0 spiro atoms. The van der Waals surface area contributed by atoms with E-state index in [-0.39, 0.29) is 115 Å². The van der Waals surface area contributed by atoms with Gasteiger partial charge in [-0.15, -0.1) is 0 Å². The maximum absolute atomic E-state index is 8.88. The molecular formula is H11K2N2O4P. The van der Waals surface area contributed by atoms with Crippen LogP contribution in [-0.2, 0) is 4.57 Å². The zero-order valence-electron chi connectivity index (χ0n) is 3.61. The SMILES string of the molecule is N.N.O=P(O)(O)O.[KH].[KH]. The first-order valence-corrected chi connectivity index (χ1v) is 2.35. The first kappa shape index (κ1) is 29.5. The Morgan fingerprint density at radius 3 is 0.889 bits per heavy atom. The molecule has 0 aromatic heterocycles. The van der Waals surface area contributed by atoms with Gasteiger partial charge in [0, 0.05) is 0 Å². The second kappa shape index (κ2) is 13.9. The van der Waals surface area contributed by atoms with E-state index in [1.54, 1.807) is 0 Å². The normalized spacial score (nSPS) is 6.56. The van der Waals surface area contributed by atoms with Crippen LogP contribution in [0.1, 0.15) is 0 Å². The van der Waals surface area contributed by atoms with E-state index in [0.717, 1.165) is 0 Å². The van der Waals surface area contributed by atoms with Gasteiger partial charge < -0.3 is 27.0 Å². The number of hydrogen-bond acceptors (Lipinski definition) is 3. The molecule has 0 aromatic rings. The van der Waals surface area contributed by atoms with Gasteiger partial charge in [0.1, 0.15) is 0 Å². The summed E-state index contributed by atoms with van der Waals surface area (Å²) in [6.07, 6.45) is 0. The van der Waals surface area contributed by atoms with Gasteiger partial charge in [0.25, 0.3) is 0 Å². The van der Waals surface area contributed by atoms with Crippen molar-refractivity contribution in [3.05, 3.63) is 0 Å². The second-order valence-electron chi connectivity index (χ2n) is 0.513. The van der Waals surface area contributed by atoms with Gasteiger partial charge in [-0.1, -0.05) is 0 Å². The molecule has 0 radical (unpaired) electrons. The van der Waals surface area contributed by atoms with Gasteiger partial charge in [0.2, 0.25) is 0 Å². The van der Waals surface area contributed by atoms with Crippen LogP contribution < -0.4 is 12.3 Å². The number of hydrogen-bond donors (Lipinski definition) is 5. The summed E-state index contributed by atoms with van der Waals surface area (Å²) in [4.78, 5) is 21.6. The molecule has 0 fully saturated rings. The van der Waals surface area contributed by atoms with E-state index >= 15 is 0 Å². The third-order valence-electron chi connectivity index (χ3n) is 0. The Labute approximate surface area is 138 Å². The average molecular weight is 212 g/mol. The Kier molecular flexibility index (Phi) is 45.4. The van der Waals surface area contributed by atoms with E-state index in [2.05, 4.69) is 0 Å². The van der Waals surface area contributed by atoms with Crippen LogP contribution >= 0.6 is 7.82 Å². The Morgan fingerprint density at radius 1 is 0.889 bits per heavy atom. The van der Waals surface area contributed by atoms with Crippen LogP contribution in [0.2, 0.25) is 0 Å². The third-order valence-corrected chi connectivity index (χ3v) is 0. The van der Waals surface area contributed by atoms with Crippen LogP contribution in [-0.4, -0.2) is 117 Å². The molecule has 9 heavy (non-hydrogen) atoms. The predicted molar refractivity (Wildman–Crippen MR) is 38.6 cm³/mol. The van der Waals surface area contributed by atoms with Gasteiger partial charge in [0.15, 0.2) is 0 Å². The summed E-state index contributed by atoms with van der Waals surface area (Å²) in [5.74, 6) is 0. The molecular weight excluding hydrogens is 201 g/mol. The Morgan fingerprint density at radius 2 is 0.889 bits per heavy atom. The summed E-state index contributed by atoms with van der Waals surface area (Å²) in [6.45, 7) is 0. The summed E-state index contributed by atoms with van der Waals surface area (Å²) >= 11 is 0. The molecule has 0 aliphatic carbocycles. The predicted octanol–water partition coefficient (Wildman–Crippen LogP) is -1.90. The zero-order valence-corrected chi connectivity index (χ0v) is 4.51. The van der Waals surface area contributed by atoms with Gasteiger partial charge in [-0.25, -0.2) is 4.57 Å². The van der Waals surface area contributed by atoms with E-state index < -0.39 is 7.82 Å². The molecule has 0 aliphatic rings.